The Hall–Kier alpha value is -0.870. The summed E-state index contributed by atoms with van der Waals surface area (Å²) in [6.45, 7) is 8.53. The van der Waals surface area contributed by atoms with Crippen LogP contribution in [-0.2, 0) is 9.84 Å². The van der Waals surface area contributed by atoms with Gasteiger partial charge in [-0.15, -0.1) is 0 Å². The Labute approximate surface area is 111 Å². The standard InChI is InChI=1S/C14H23NO2S/c1-5-15-14(10-18(16,17)6-2)13-8-7-11(3)9-12(13)4/h7-9,14-15H,5-6,10H2,1-4H3. The van der Waals surface area contributed by atoms with Crippen LogP contribution in [0, 0.1) is 13.8 Å². The van der Waals surface area contributed by atoms with Crippen LogP contribution in [-0.4, -0.2) is 26.5 Å². The molecule has 0 heterocycles. The van der Waals surface area contributed by atoms with E-state index in [0.717, 1.165) is 17.7 Å². The number of sulfone groups is 1. The third-order valence-electron chi connectivity index (χ3n) is 3.11. The van der Waals surface area contributed by atoms with Crippen molar-refractivity contribution < 1.29 is 8.42 Å². The van der Waals surface area contributed by atoms with Crippen LogP contribution in [0.5, 0.6) is 0 Å². The van der Waals surface area contributed by atoms with Crippen LogP contribution < -0.4 is 5.32 Å². The zero-order valence-corrected chi connectivity index (χ0v) is 12.5. The van der Waals surface area contributed by atoms with E-state index in [9.17, 15) is 8.42 Å². The number of rotatable bonds is 6. The zero-order chi connectivity index (χ0) is 13.8. The largest absolute Gasteiger partial charge is 0.309 e. The molecule has 0 aromatic heterocycles. The highest BCUT2D eigenvalue weighted by atomic mass is 32.2. The topological polar surface area (TPSA) is 46.2 Å². The predicted octanol–water partition coefficient (Wildman–Crippen LogP) is 2.39. The summed E-state index contributed by atoms with van der Waals surface area (Å²) in [7, 11) is -2.98. The lowest BCUT2D eigenvalue weighted by Gasteiger charge is -2.20. The average molecular weight is 269 g/mol. The van der Waals surface area contributed by atoms with Gasteiger partial charge < -0.3 is 5.32 Å². The van der Waals surface area contributed by atoms with Crippen LogP contribution >= 0.6 is 0 Å². The van der Waals surface area contributed by atoms with Gasteiger partial charge in [0.1, 0.15) is 0 Å². The van der Waals surface area contributed by atoms with Crippen molar-refractivity contribution >= 4 is 9.84 Å². The summed E-state index contributed by atoms with van der Waals surface area (Å²) < 4.78 is 23.6. The molecule has 4 heteroatoms. The van der Waals surface area contributed by atoms with Gasteiger partial charge >= 0.3 is 0 Å². The number of nitrogens with one attached hydrogen (secondary N) is 1. The molecule has 1 rings (SSSR count). The van der Waals surface area contributed by atoms with Crippen molar-refractivity contribution in [2.75, 3.05) is 18.1 Å². The molecule has 0 aliphatic heterocycles. The normalized spacial score (nSPS) is 13.6. The molecular weight excluding hydrogens is 246 g/mol. The average Bonchev–Trinajstić information content (AvgIpc) is 2.28. The van der Waals surface area contributed by atoms with Crippen molar-refractivity contribution in [1.29, 1.82) is 0 Å². The summed E-state index contributed by atoms with van der Waals surface area (Å²) in [4.78, 5) is 0. The molecule has 102 valence electrons. The highest BCUT2D eigenvalue weighted by Crippen LogP contribution is 2.20. The van der Waals surface area contributed by atoms with Crippen LogP contribution in [0.15, 0.2) is 18.2 Å². The highest BCUT2D eigenvalue weighted by molar-refractivity contribution is 7.91. The molecule has 1 unspecified atom stereocenters. The molecule has 0 aliphatic rings. The molecule has 0 bridgehead atoms. The maximum Gasteiger partial charge on any atom is 0.151 e. The predicted molar refractivity (Wildman–Crippen MR) is 76.7 cm³/mol. The SMILES string of the molecule is CCNC(CS(=O)(=O)CC)c1ccc(C)cc1C. The van der Waals surface area contributed by atoms with Gasteiger partial charge in [0, 0.05) is 11.8 Å². The molecule has 0 aliphatic carbocycles. The fourth-order valence-corrected chi connectivity index (χ4v) is 3.13. The molecule has 18 heavy (non-hydrogen) atoms. The second-order valence-corrected chi connectivity index (χ2v) is 7.07. The Morgan fingerprint density at radius 2 is 1.89 bits per heavy atom. The van der Waals surface area contributed by atoms with Crippen molar-refractivity contribution in [2.24, 2.45) is 0 Å². The highest BCUT2D eigenvalue weighted by Gasteiger charge is 2.19. The Bertz CT molecular complexity index is 495. The molecule has 1 N–H and O–H groups in total. The first-order valence-electron chi connectivity index (χ1n) is 6.40. The van der Waals surface area contributed by atoms with E-state index < -0.39 is 9.84 Å². The number of hydrogen-bond donors (Lipinski definition) is 1. The number of aryl methyl sites for hydroxylation is 2. The van der Waals surface area contributed by atoms with Gasteiger partial charge in [-0.2, -0.15) is 0 Å². The van der Waals surface area contributed by atoms with Gasteiger partial charge in [-0.25, -0.2) is 8.42 Å². The van der Waals surface area contributed by atoms with E-state index in [2.05, 4.69) is 11.4 Å². The van der Waals surface area contributed by atoms with E-state index in [1.54, 1.807) is 6.92 Å². The van der Waals surface area contributed by atoms with E-state index in [0.29, 0.717) is 0 Å². The lowest BCUT2D eigenvalue weighted by atomic mass is 10.0. The molecule has 0 spiro atoms. The molecule has 1 atom stereocenters. The van der Waals surface area contributed by atoms with Gasteiger partial charge in [-0.1, -0.05) is 37.6 Å². The first kappa shape index (κ1) is 15.2. The summed E-state index contributed by atoms with van der Waals surface area (Å²) in [5.74, 6) is 0.362. The maximum absolute atomic E-state index is 11.8. The number of benzene rings is 1. The van der Waals surface area contributed by atoms with Gasteiger partial charge in [-0.05, 0) is 31.5 Å². The molecular formula is C14H23NO2S. The Balaban J connectivity index is 3.04. The van der Waals surface area contributed by atoms with Gasteiger partial charge in [0.2, 0.25) is 0 Å². The molecule has 0 fully saturated rings. The lowest BCUT2D eigenvalue weighted by molar-refractivity contribution is 0.558. The van der Waals surface area contributed by atoms with E-state index >= 15 is 0 Å². The molecule has 0 radical (unpaired) electrons. The van der Waals surface area contributed by atoms with Crippen LogP contribution in [0.3, 0.4) is 0 Å². The zero-order valence-electron chi connectivity index (χ0n) is 11.7. The Kier molecular flexibility index (Phi) is 5.35. The van der Waals surface area contributed by atoms with Crippen LogP contribution in [0.1, 0.15) is 36.6 Å². The fraction of sp³-hybridized carbons (Fsp3) is 0.571. The third-order valence-corrected chi connectivity index (χ3v) is 4.83. The van der Waals surface area contributed by atoms with E-state index in [1.807, 2.05) is 32.9 Å². The summed E-state index contributed by atoms with van der Waals surface area (Å²) in [6.07, 6.45) is 0. The molecule has 0 amide bonds. The minimum atomic E-state index is -2.98. The summed E-state index contributed by atoms with van der Waals surface area (Å²) in [5, 5.41) is 3.27. The smallest absolute Gasteiger partial charge is 0.151 e. The molecule has 0 saturated carbocycles. The monoisotopic (exact) mass is 269 g/mol. The van der Waals surface area contributed by atoms with E-state index in [-0.39, 0.29) is 17.5 Å². The van der Waals surface area contributed by atoms with Gasteiger partial charge in [0.25, 0.3) is 0 Å². The maximum atomic E-state index is 11.8. The van der Waals surface area contributed by atoms with Crippen molar-refractivity contribution in [3.63, 3.8) is 0 Å². The lowest BCUT2D eigenvalue weighted by Crippen LogP contribution is -2.29. The summed E-state index contributed by atoms with van der Waals surface area (Å²) in [5.41, 5.74) is 3.43. The van der Waals surface area contributed by atoms with E-state index in [4.69, 9.17) is 0 Å². The van der Waals surface area contributed by atoms with Crippen molar-refractivity contribution in [3.05, 3.63) is 34.9 Å². The van der Waals surface area contributed by atoms with Crippen molar-refractivity contribution in [2.45, 2.75) is 33.7 Å². The summed E-state index contributed by atoms with van der Waals surface area (Å²) in [6, 6.07) is 6.05. The number of hydrogen-bond acceptors (Lipinski definition) is 3. The second kappa shape index (κ2) is 6.34. The van der Waals surface area contributed by atoms with Crippen LogP contribution in [0.25, 0.3) is 0 Å². The van der Waals surface area contributed by atoms with Crippen molar-refractivity contribution in [1.82, 2.24) is 5.32 Å². The third kappa shape index (κ3) is 4.10. The first-order chi connectivity index (χ1) is 8.39. The molecule has 1 aromatic rings. The van der Waals surface area contributed by atoms with Crippen LogP contribution in [0.2, 0.25) is 0 Å². The minimum absolute atomic E-state index is 0.111. The Morgan fingerprint density at radius 1 is 1.22 bits per heavy atom. The Morgan fingerprint density at radius 3 is 2.39 bits per heavy atom. The fourth-order valence-electron chi connectivity index (χ4n) is 2.09. The molecule has 1 aromatic carbocycles. The molecule has 3 nitrogen and oxygen atoms in total. The summed E-state index contributed by atoms with van der Waals surface area (Å²) >= 11 is 0. The quantitative estimate of drug-likeness (QED) is 0.862. The minimum Gasteiger partial charge on any atom is -0.309 e. The molecule has 0 saturated heterocycles. The van der Waals surface area contributed by atoms with E-state index in [1.165, 1.54) is 5.56 Å². The second-order valence-electron chi connectivity index (χ2n) is 4.67. The van der Waals surface area contributed by atoms with Gasteiger partial charge in [0.05, 0.1) is 5.75 Å². The van der Waals surface area contributed by atoms with Crippen LogP contribution in [0.4, 0.5) is 0 Å². The van der Waals surface area contributed by atoms with Gasteiger partial charge in [-0.3, -0.25) is 0 Å². The van der Waals surface area contributed by atoms with Gasteiger partial charge in [0.15, 0.2) is 9.84 Å². The first-order valence-corrected chi connectivity index (χ1v) is 8.22. The van der Waals surface area contributed by atoms with Crippen molar-refractivity contribution in [3.8, 4) is 0 Å².